The maximum absolute atomic E-state index is 10.7. The molecule has 0 aliphatic heterocycles. The molecule has 0 aliphatic carbocycles. The molecule has 1 heteroatoms. The minimum absolute atomic E-state index is 0.469. The third-order valence-corrected chi connectivity index (χ3v) is 3.79. The van der Waals surface area contributed by atoms with Crippen molar-refractivity contribution >= 4 is 10.8 Å². The van der Waals surface area contributed by atoms with Gasteiger partial charge in [0, 0.05) is 6.42 Å². The molecule has 3 aromatic carbocycles. The highest BCUT2D eigenvalue weighted by atomic mass is 16.3. The molecule has 0 aromatic heterocycles. The van der Waals surface area contributed by atoms with Crippen molar-refractivity contribution < 1.29 is 5.11 Å². The van der Waals surface area contributed by atoms with Gasteiger partial charge in [-0.3, -0.25) is 0 Å². The second-order valence-corrected chi connectivity index (χ2v) is 5.22. The van der Waals surface area contributed by atoms with Crippen LogP contribution in [0.15, 0.2) is 66.7 Å². The number of hydrogen-bond acceptors (Lipinski definition) is 1. The first kappa shape index (κ1) is 12.9. The first-order valence-electron chi connectivity index (χ1n) is 6.96. The molecule has 0 aliphatic rings. The molecule has 3 rings (SSSR count). The van der Waals surface area contributed by atoms with Gasteiger partial charge in [0.15, 0.2) is 0 Å². The van der Waals surface area contributed by atoms with Gasteiger partial charge in [0.25, 0.3) is 0 Å². The highest BCUT2D eigenvalue weighted by molar-refractivity contribution is 5.87. The van der Waals surface area contributed by atoms with E-state index in [1.807, 2.05) is 30.3 Å². The Bertz CT molecular complexity index is 716. The maximum Gasteiger partial charge on any atom is 0.0838 e. The summed E-state index contributed by atoms with van der Waals surface area (Å²) in [6.45, 7) is 2.07. The third-order valence-electron chi connectivity index (χ3n) is 3.79. The van der Waals surface area contributed by atoms with Crippen LogP contribution in [0.4, 0.5) is 0 Å². The van der Waals surface area contributed by atoms with E-state index < -0.39 is 6.10 Å². The number of rotatable bonds is 3. The summed E-state index contributed by atoms with van der Waals surface area (Å²) < 4.78 is 0. The molecule has 0 heterocycles. The van der Waals surface area contributed by atoms with Crippen molar-refractivity contribution in [2.24, 2.45) is 0 Å². The number of hydrogen-bond donors (Lipinski definition) is 1. The van der Waals surface area contributed by atoms with E-state index in [9.17, 15) is 5.11 Å². The molecule has 0 saturated carbocycles. The lowest BCUT2D eigenvalue weighted by Crippen LogP contribution is -2.04. The van der Waals surface area contributed by atoms with E-state index in [4.69, 9.17) is 0 Å². The number of fused-ring (bicyclic) bond motifs is 1. The van der Waals surface area contributed by atoms with E-state index in [2.05, 4.69) is 43.3 Å². The zero-order valence-corrected chi connectivity index (χ0v) is 11.6. The van der Waals surface area contributed by atoms with Gasteiger partial charge in [-0.05, 0) is 34.4 Å². The fourth-order valence-corrected chi connectivity index (χ4v) is 2.79. The van der Waals surface area contributed by atoms with Crippen molar-refractivity contribution in [2.45, 2.75) is 19.4 Å². The molecule has 1 atom stereocenters. The molecule has 0 radical (unpaired) electrons. The fraction of sp³-hybridized carbons (Fsp3) is 0.158. The van der Waals surface area contributed by atoms with Crippen molar-refractivity contribution in [3.05, 3.63) is 83.4 Å². The highest BCUT2D eigenvalue weighted by Crippen LogP contribution is 2.29. The zero-order chi connectivity index (χ0) is 13.9. The summed E-state index contributed by atoms with van der Waals surface area (Å²) in [6.07, 6.45) is 0.180. The average molecular weight is 262 g/mol. The summed E-state index contributed by atoms with van der Waals surface area (Å²) in [7, 11) is 0. The van der Waals surface area contributed by atoms with Crippen LogP contribution in [0.25, 0.3) is 10.8 Å². The Morgan fingerprint density at radius 2 is 1.55 bits per heavy atom. The van der Waals surface area contributed by atoms with Crippen molar-refractivity contribution in [1.82, 2.24) is 0 Å². The van der Waals surface area contributed by atoms with E-state index in [-0.39, 0.29) is 0 Å². The van der Waals surface area contributed by atoms with Crippen LogP contribution in [0.1, 0.15) is 22.8 Å². The van der Waals surface area contributed by atoms with Gasteiger partial charge in [-0.15, -0.1) is 0 Å². The maximum atomic E-state index is 10.7. The van der Waals surface area contributed by atoms with E-state index in [1.165, 1.54) is 5.39 Å². The monoisotopic (exact) mass is 262 g/mol. The van der Waals surface area contributed by atoms with Gasteiger partial charge in [0.2, 0.25) is 0 Å². The molecule has 0 fully saturated rings. The second kappa shape index (κ2) is 5.48. The molecule has 1 nitrogen and oxygen atoms in total. The van der Waals surface area contributed by atoms with Gasteiger partial charge in [-0.25, -0.2) is 0 Å². The van der Waals surface area contributed by atoms with Gasteiger partial charge in [-0.2, -0.15) is 0 Å². The molecule has 3 aromatic rings. The van der Waals surface area contributed by atoms with E-state index >= 15 is 0 Å². The predicted octanol–water partition coefficient (Wildman–Crippen LogP) is 4.42. The van der Waals surface area contributed by atoms with Gasteiger partial charge >= 0.3 is 0 Å². The summed E-state index contributed by atoms with van der Waals surface area (Å²) >= 11 is 0. The van der Waals surface area contributed by atoms with E-state index in [1.54, 1.807) is 0 Å². The minimum atomic E-state index is -0.469. The lowest BCUT2D eigenvalue weighted by molar-refractivity contribution is 0.179. The Hall–Kier alpha value is -2.12. The molecule has 1 unspecified atom stereocenters. The molecular weight excluding hydrogens is 244 g/mol. The van der Waals surface area contributed by atoms with Gasteiger partial charge in [0.05, 0.1) is 6.10 Å². The lowest BCUT2D eigenvalue weighted by Gasteiger charge is -2.17. The lowest BCUT2D eigenvalue weighted by atomic mass is 9.92. The van der Waals surface area contributed by atoms with Crippen LogP contribution in [0, 0.1) is 6.92 Å². The molecule has 0 amide bonds. The van der Waals surface area contributed by atoms with Crippen LogP contribution in [0.2, 0.25) is 0 Å². The highest BCUT2D eigenvalue weighted by Gasteiger charge is 2.14. The van der Waals surface area contributed by atoms with Crippen molar-refractivity contribution in [3.63, 3.8) is 0 Å². The Labute approximate surface area is 119 Å². The predicted molar refractivity (Wildman–Crippen MR) is 83.8 cm³/mol. The molecule has 1 N–H and O–H groups in total. The van der Waals surface area contributed by atoms with Gasteiger partial charge in [0.1, 0.15) is 0 Å². The minimum Gasteiger partial charge on any atom is -0.388 e. The van der Waals surface area contributed by atoms with Crippen LogP contribution in [-0.2, 0) is 6.42 Å². The summed E-state index contributed by atoms with van der Waals surface area (Å²) in [6, 6.07) is 22.6. The topological polar surface area (TPSA) is 20.2 Å². The molecule has 0 spiro atoms. The Kier molecular flexibility index (Phi) is 3.53. The van der Waals surface area contributed by atoms with Gasteiger partial charge in [-0.1, -0.05) is 66.7 Å². The SMILES string of the molecule is Cc1ccc2ccccc2c1C(O)Cc1ccccc1. The van der Waals surface area contributed by atoms with Crippen molar-refractivity contribution in [3.8, 4) is 0 Å². The van der Waals surface area contributed by atoms with Crippen LogP contribution in [0.3, 0.4) is 0 Å². The average Bonchev–Trinajstić information content (AvgIpc) is 2.48. The Morgan fingerprint density at radius 1 is 0.850 bits per heavy atom. The Balaban J connectivity index is 2.03. The summed E-state index contributed by atoms with van der Waals surface area (Å²) in [5.41, 5.74) is 3.35. The summed E-state index contributed by atoms with van der Waals surface area (Å²) in [5, 5.41) is 13.0. The normalized spacial score (nSPS) is 12.5. The number of benzene rings is 3. The number of aliphatic hydroxyl groups excluding tert-OH is 1. The summed E-state index contributed by atoms with van der Waals surface area (Å²) in [4.78, 5) is 0. The van der Waals surface area contributed by atoms with Crippen molar-refractivity contribution in [2.75, 3.05) is 0 Å². The van der Waals surface area contributed by atoms with Crippen molar-refractivity contribution in [1.29, 1.82) is 0 Å². The standard InChI is InChI=1S/C19H18O/c1-14-11-12-16-9-5-6-10-17(16)19(14)18(20)13-15-7-3-2-4-8-15/h2-12,18,20H,13H2,1H3. The van der Waals surface area contributed by atoms with Crippen LogP contribution in [-0.4, -0.2) is 5.11 Å². The third kappa shape index (κ3) is 2.45. The molecule has 0 saturated heterocycles. The largest absolute Gasteiger partial charge is 0.388 e. The van der Waals surface area contributed by atoms with Crippen LogP contribution >= 0.6 is 0 Å². The zero-order valence-electron chi connectivity index (χ0n) is 11.6. The molecule has 20 heavy (non-hydrogen) atoms. The van der Waals surface area contributed by atoms with Crippen LogP contribution < -0.4 is 0 Å². The second-order valence-electron chi connectivity index (χ2n) is 5.22. The molecule has 0 bridgehead atoms. The first-order chi connectivity index (χ1) is 9.75. The molecule has 100 valence electrons. The smallest absolute Gasteiger partial charge is 0.0838 e. The molecular formula is C19H18O. The summed E-state index contributed by atoms with van der Waals surface area (Å²) in [5.74, 6) is 0. The first-order valence-corrected chi connectivity index (χ1v) is 6.96. The van der Waals surface area contributed by atoms with Crippen LogP contribution in [0.5, 0.6) is 0 Å². The van der Waals surface area contributed by atoms with E-state index in [0.717, 1.165) is 22.1 Å². The number of aryl methyl sites for hydroxylation is 1. The quantitative estimate of drug-likeness (QED) is 0.740. The Morgan fingerprint density at radius 3 is 2.35 bits per heavy atom. The number of aliphatic hydroxyl groups is 1. The van der Waals surface area contributed by atoms with E-state index in [0.29, 0.717) is 6.42 Å². The van der Waals surface area contributed by atoms with Gasteiger partial charge < -0.3 is 5.11 Å². The fourth-order valence-electron chi connectivity index (χ4n) is 2.79.